The lowest BCUT2D eigenvalue weighted by atomic mass is 9.77. The van der Waals surface area contributed by atoms with Crippen LogP contribution in [-0.2, 0) is 4.79 Å². The Labute approximate surface area is 143 Å². The lowest BCUT2D eigenvalue weighted by Gasteiger charge is -2.41. The van der Waals surface area contributed by atoms with E-state index >= 15 is 0 Å². The Bertz CT molecular complexity index is 559. The molecular formula is C18H26ClN3O. The van der Waals surface area contributed by atoms with Crippen molar-refractivity contribution < 1.29 is 4.79 Å². The molecule has 2 saturated heterocycles. The van der Waals surface area contributed by atoms with E-state index in [2.05, 4.69) is 5.32 Å². The molecule has 1 amide bonds. The quantitative estimate of drug-likeness (QED) is 0.922. The van der Waals surface area contributed by atoms with Crippen LogP contribution in [0.3, 0.4) is 0 Å². The second-order valence-corrected chi connectivity index (χ2v) is 7.61. The normalized spacial score (nSPS) is 21.8. The van der Waals surface area contributed by atoms with Crippen molar-refractivity contribution in [1.82, 2.24) is 15.1 Å². The van der Waals surface area contributed by atoms with Crippen molar-refractivity contribution in [3.63, 3.8) is 0 Å². The summed E-state index contributed by atoms with van der Waals surface area (Å²) in [7, 11) is 3.91. The zero-order valence-corrected chi connectivity index (χ0v) is 14.8. The number of likely N-dealkylation sites (N-methyl/N-ethyl adjacent to an activating group) is 1. The summed E-state index contributed by atoms with van der Waals surface area (Å²) in [6, 6.07) is 7.39. The maximum absolute atomic E-state index is 13.1. The number of likely N-dealkylation sites (tertiary alicyclic amines) is 1. The van der Waals surface area contributed by atoms with E-state index in [0.29, 0.717) is 10.4 Å². The molecule has 2 aliphatic heterocycles. The van der Waals surface area contributed by atoms with Gasteiger partial charge in [-0.3, -0.25) is 9.69 Å². The zero-order valence-electron chi connectivity index (χ0n) is 14.0. The van der Waals surface area contributed by atoms with E-state index in [9.17, 15) is 4.79 Å². The fourth-order valence-electron chi connectivity index (χ4n) is 3.93. The topological polar surface area (TPSA) is 35.6 Å². The SMILES string of the molecule is CN(C)C(C(=O)N1CCC2(CCNC2)CC1)c1cccc(Cl)c1. The Balaban J connectivity index is 1.72. The zero-order chi connectivity index (χ0) is 16.4. The van der Waals surface area contributed by atoms with E-state index in [1.165, 1.54) is 6.42 Å². The molecule has 2 heterocycles. The Kier molecular flexibility index (Phi) is 4.95. The maximum atomic E-state index is 13.1. The predicted octanol–water partition coefficient (Wildman–Crippen LogP) is 2.54. The first-order valence-electron chi connectivity index (χ1n) is 8.42. The summed E-state index contributed by atoms with van der Waals surface area (Å²) < 4.78 is 0. The smallest absolute Gasteiger partial charge is 0.244 e. The van der Waals surface area contributed by atoms with Gasteiger partial charge in [0.1, 0.15) is 6.04 Å². The van der Waals surface area contributed by atoms with Crippen LogP contribution in [0.25, 0.3) is 0 Å². The molecule has 0 saturated carbocycles. The third kappa shape index (κ3) is 3.54. The van der Waals surface area contributed by atoms with Gasteiger partial charge in [-0.2, -0.15) is 0 Å². The number of nitrogens with zero attached hydrogens (tertiary/aromatic N) is 2. The Hall–Kier alpha value is -1.10. The average Bonchev–Trinajstić information content (AvgIpc) is 2.96. The van der Waals surface area contributed by atoms with Gasteiger partial charge in [-0.1, -0.05) is 23.7 Å². The lowest BCUT2D eigenvalue weighted by molar-refractivity contribution is -0.138. The summed E-state index contributed by atoms with van der Waals surface area (Å²) in [4.78, 5) is 17.1. The third-order valence-electron chi connectivity index (χ3n) is 5.38. The summed E-state index contributed by atoms with van der Waals surface area (Å²) in [6.45, 7) is 3.97. The molecule has 3 rings (SSSR count). The summed E-state index contributed by atoms with van der Waals surface area (Å²) in [5.41, 5.74) is 1.40. The molecule has 4 nitrogen and oxygen atoms in total. The van der Waals surface area contributed by atoms with E-state index in [1.54, 1.807) is 0 Å². The van der Waals surface area contributed by atoms with Crippen molar-refractivity contribution in [3.8, 4) is 0 Å². The molecule has 2 fully saturated rings. The second kappa shape index (κ2) is 6.80. The van der Waals surface area contributed by atoms with Gasteiger partial charge in [-0.05, 0) is 63.0 Å². The first kappa shape index (κ1) is 16.7. The fraction of sp³-hybridized carbons (Fsp3) is 0.611. The second-order valence-electron chi connectivity index (χ2n) is 7.17. The highest BCUT2D eigenvalue weighted by Crippen LogP contribution is 2.37. The number of halogens is 1. The number of benzene rings is 1. The Morgan fingerprint density at radius 1 is 1.30 bits per heavy atom. The van der Waals surface area contributed by atoms with Gasteiger partial charge in [0.25, 0.3) is 0 Å². The molecule has 1 N–H and O–H groups in total. The van der Waals surface area contributed by atoms with Crippen LogP contribution >= 0.6 is 11.6 Å². The first-order valence-corrected chi connectivity index (χ1v) is 8.80. The fourth-order valence-corrected chi connectivity index (χ4v) is 4.13. The first-order chi connectivity index (χ1) is 11.0. The Morgan fingerprint density at radius 2 is 2.04 bits per heavy atom. The Morgan fingerprint density at radius 3 is 2.61 bits per heavy atom. The molecule has 2 aliphatic rings. The van der Waals surface area contributed by atoms with Crippen molar-refractivity contribution in [2.45, 2.75) is 25.3 Å². The van der Waals surface area contributed by atoms with Crippen LogP contribution in [0.2, 0.25) is 5.02 Å². The number of nitrogens with one attached hydrogen (secondary N) is 1. The van der Waals surface area contributed by atoms with Gasteiger partial charge in [-0.25, -0.2) is 0 Å². The third-order valence-corrected chi connectivity index (χ3v) is 5.62. The van der Waals surface area contributed by atoms with Crippen molar-refractivity contribution in [1.29, 1.82) is 0 Å². The molecule has 0 aromatic heterocycles. The summed E-state index contributed by atoms with van der Waals surface area (Å²) in [5.74, 6) is 0.193. The molecule has 0 bridgehead atoms. The summed E-state index contributed by atoms with van der Waals surface area (Å²) in [6.07, 6.45) is 3.48. The number of carbonyl (C=O) groups excluding carboxylic acids is 1. The molecule has 1 aromatic carbocycles. The minimum absolute atomic E-state index is 0.193. The van der Waals surface area contributed by atoms with Gasteiger partial charge in [0, 0.05) is 24.7 Å². The molecular weight excluding hydrogens is 310 g/mol. The molecule has 0 aliphatic carbocycles. The largest absolute Gasteiger partial charge is 0.341 e. The van der Waals surface area contributed by atoms with Crippen LogP contribution < -0.4 is 5.32 Å². The molecule has 23 heavy (non-hydrogen) atoms. The molecule has 1 atom stereocenters. The standard InChI is InChI=1S/C18H26ClN3O/c1-21(2)16(14-4-3-5-15(19)12-14)17(23)22-10-7-18(8-11-22)6-9-20-13-18/h3-5,12,16,20H,6-11,13H2,1-2H3. The van der Waals surface area contributed by atoms with Crippen molar-refractivity contribution in [3.05, 3.63) is 34.9 Å². The monoisotopic (exact) mass is 335 g/mol. The van der Waals surface area contributed by atoms with Crippen molar-refractivity contribution in [2.75, 3.05) is 40.3 Å². The molecule has 0 radical (unpaired) electrons. The highest BCUT2D eigenvalue weighted by atomic mass is 35.5. The average molecular weight is 336 g/mol. The molecule has 1 unspecified atom stereocenters. The predicted molar refractivity (Wildman–Crippen MR) is 93.6 cm³/mol. The van der Waals surface area contributed by atoms with Gasteiger partial charge >= 0.3 is 0 Å². The van der Waals surface area contributed by atoms with Gasteiger partial charge in [0.05, 0.1) is 0 Å². The molecule has 126 valence electrons. The van der Waals surface area contributed by atoms with E-state index in [0.717, 1.165) is 44.6 Å². The lowest BCUT2D eigenvalue weighted by Crippen LogP contribution is -2.47. The summed E-state index contributed by atoms with van der Waals surface area (Å²) in [5, 5.41) is 4.15. The van der Waals surface area contributed by atoms with Crippen LogP contribution in [-0.4, -0.2) is 56.0 Å². The van der Waals surface area contributed by atoms with Crippen LogP contribution in [0.4, 0.5) is 0 Å². The molecule has 1 aromatic rings. The van der Waals surface area contributed by atoms with E-state index in [1.807, 2.05) is 48.2 Å². The van der Waals surface area contributed by atoms with Gasteiger partial charge in [0.15, 0.2) is 0 Å². The van der Waals surface area contributed by atoms with Crippen LogP contribution in [0, 0.1) is 5.41 Å². The number of piperidine rings is 1. The van der Waals surface area contributed by atoms with Gasteiger partial charge < -0.3 is 10.2 Å². The van der Waals surface area contributed by atoms with E-state index in [-0.39, 0.29) is 11.9 Å². The van der Waals surface area contributed by atoms with Crippen LogP contribution in [0.5, 0.6) is 0 Å². The number of hydrogen-bond acceptors (Lipinski definition) is 3. The van der Waals surface area contributed by atoms with Crippen molar-refractivity contribution >= 4 is 17.5 Å². The van der Waals surface area contributed by atoms with Gasteiger partial charge in [0.2, 0.25) is 5.91 Å². The minimum atomic E-state index is -0.260. The number of amides is 1. The van der Waals surface area contributed by atoms with Crippen LogP contribution in [0.15, 0.2) is 24.3 Å². The maximum Gasteiger partial charge on any atom is 0.244 e. The van der Waals surface area contributed by atoms with Crippen LogP contribution in [0.1, 0.15) is 30.9 Å². The number of hydrogen-bond donors (Lipinski definition) is 1. The summed E-state index contributed by atoms with van der Waals surface area (Å²) >= 11 is 6.12. The number of carbonyl (C=O) groups is 1. The molecule has 1 spiro atoms. The van der Waals surface area contributed by atoms with E-state index in [4.69, 9.17) is 11.6 Å². The van der Waals surface area contributed by atoms with Gasteiger partial charge in [-0.15, -0.1) is 0 Å². The van der Waals surface area contributed by atoms with E-state index < -0.39 is 0 Å². The van der Waals surface area contributed by atoms with Crippen molar-refractivity contribution in [2.24, 2.45) is 5.41 Å². The number of rotatable bonds is 3. The minimum Gasteiger partial charge on any atom is -0.341 e. The molecule has 5 heteroatoms. The highest BCUT2D eigenvalue weighted by Gasteiger charge is 2.39. The highest BCUT2D eigenvalue weighted by molar-refractivity contribution is 6.30.